The van der Waals surface area contributed by atoms with Crippen LogP contribution < -0.4 is 10.1 Å². The number of hydrogen-bond donors (Lipinski definition) is 1. The molecule has 30 heavy (non-hydrogen) atoms. The van der Waals surface area contributed by atoms with Crippen molar-refractivity contribution in [3.05, 3.63) is 71.3 Å². The molecule has 6 heteroatoms. The van der Waals surface area contributed by atoms with E-state index >= 15 is 0 Å². The smallest absolute Gasteiger partial charge is 0.251 e. The van der Waals surface area contributed by atoms with Crippen LogP contribution in [-0.2, 0) is 16.1 Å². The van der Waals surface area contributed by atoms with E-state index in [0.717, 1.165) is 36.3 Å². The zero-order valence-electron chi connectivity index (χ0n) is 17.5. The Bertz CT molecular complexity index is 886. The van der Waals surface area contributed by atoms with Gasteiger partial charge in [0, 0.05) is 43.9 Å². The van der Waals surface area contributed by atoms with Gasteiger partial charge in [-0.3, -0.25) is 9.59 Å². The van der Waals surface area contributed by atoms with Crippen molar-refractivity contribution in [3.63, 3.8) is 0 Å². The Morgan fingerprint density at radius 3 is 2.63 bits per heavy atom. The molecule has 0 aliphatic carbocycles. The van der Waals surface area contributed by atoms with E-state index in [1.165, 1.54) is 0 Å². The molecule has 2 aromatic rings. The molecule has 1 aliphatic rings. The normalized spacial score (nSPS) is 15.9. The quantitative estimate of drug-likeness (QED) is 0.681. The lowest BCUT2D eigenvalue weighted by Crippen LogP contribution is -2.36. The summed E-state index contributed by atoms with van der Waals surface area (Å²) in [5.41, 5.74) is 2.39. The lowest BCUT2D eigenvalue weighted by Gasteiger charge is -2.25. The predicted octanol–water partition coefficient (Wildman–Crippen LogP) is 3.28. The largest absolute Gasteiger partial charge is 0.496 e. The Labute approximate surface area is 177 Å². The van der Waals surface area contributed by atoms with Gasteiger partial charge in [-0.05, 0) is 42.7 Å². The second-order valence-electron chi connectivity index (χ2n) is 7.20. The van der Waals surface area contributed by atoms with Gasteiger partial charge in [-0.25, -0.2) is 0 Å². The summed E-state index contributed by atoms with van der Waals surface area (Å²) in [6.07, 6.45) is 5.37. The fourth-order valence-corrected chi connectivity index (χ4v) is 3.47. The van der Waals surface area contributed by atoms with Crippen LogP contribution in [-0.4, -0.2) is 50.1 Å². The van der Waals surface area contributed by atoms with Crippen LogP contribution in [0.25, 0.3) is 6.08 Å². The fourth-order valence-electron chi connectivity index (χ4n) is 3.47. The molecule has 1 atom stereocenters. The van der Waals surface area contributed by atoms with Crippen LogP contribution in [0.2, 0.25) is 0 Å². The number of rotatable bonds is 8. The van der Waals surface area contributed by atoms with E-state index in [2.05, 4.69) is 5.32 Å². The first-order valence-electron chi connectivity index (χ1n) is 10.1. The van der Waals surface area contributed by atoms with Crippen molar-refractivity contribution in [2.45, 2.75) is 25.5 Å². The molecule has 1 fully saturated rings. The first kappa shape index (κ1) is 21.6. The number of carbonyl (C=O) groups excluding carboxylic acids is 2. The van der Waals surface area contributed by atoms with Gasteiger partial charge in [0.15, 0.2) is 0 Å². The number of benzene rings is 2. The summed E-state index contributed by atoms with van der Waals surface area (Å²) in [6.45, 7) is 1.73. The summed E-state index contributed by atoms with van der Waals surface area (Å²) >= 11 is 0. The number of amides is 2. The Kier molecular flexibility index (Phi) is 7.63. The van der Waals surface area contributed by atoms with E-state index in [9.17, 15) is 9.59 Å². The molecule has 158 valence electrons. The third kappa shape index (κ3) is 5.70. The number of carbonyl (C=O) groups is 2. The van der Waals surface area contributed by atoms with Crippen molar-refractivity contribution < 1.29 is 19.1 Å². The van der Waals surface area contributed by atoms with Gasteiger partial charge in [-0.1, -0.05) is 30.3 Å². The molecule has 0 radical (unpaired) electrons. The summed E-state index contributed by atoms with van der Waals surface area (Å²) in [5.74, 6) is 0.532. The molecule has 0 saturated carbocycles. The highest BCUT2D eigenvalue weighted by Gasteiger charge is 2.22. The molecule has 1 N–H and O–H groups in total. The molecule has 1 aliphatic heterocycles. The molecule has 1 saturated heterocycles. The van der Waals surface area contributed by atoms with Gasteiger partial charge in [0.05, 0.1) is 13.2 Å². The number of hydrogen-bond acceptors (Lipinski definition) is 4. The maximum absolute atomic E-state index is 13.0. The van der Waals surface area contributed by atoms with Gasteiger partial charge in [-0.15, -0.1) is 0 Å². The molecule has 0 bridgehead atoms. The molecule has 2 amide bonds. The van der Waals surface area contributed by atoms with Gasteiger partial charge in [0.1, 0.15) is 5.75 Å². The average molecular weight is 408 g/mol. The summed E-state index contributed by atoms with van der Waals surface area (Å²) < 4.78 is 11.2. The molecule has 1 unspecified atom stereocenters. The SMILES string of the molecule is CNC(=O)c1ccc(/C=C/C(=O)N(Cc2ccccc2OC)CC2CCCO2)cc1. The summed E-state index contributed by atoms with van der Waals surface area (Å²) in [7, 11) is 3.23. The molecule has 0 aromatic heterocycles. The Morgan fingerprint density at radius 1 is 1.20 bits per heavy atom. The minimum Gasteiger partial charge on any atom is -0.496 e. The van der Waals surface area contributed by atoms with Crippen LogP contribution >= 0.6 is 0 Å². The summed E-state index contributed by atoms with van der Waals surface area (Å²) in [5, 5.41) is 2.59. The number of ether oxygens (including phenoxy) is 2. The fraction of sp³-hybridized carbons (Fsp3) is 0.333. The molecule has 3 rings (SSSR count). The van der Waals surface area contributed by atoms with Gasteiger partial charge in [-0.2, -0.15) is 0 Å². The van der Waals surface area contributed by atoms with Crippen molar-refractivity contribution in [2.24, 2.45) is 0 Å². The highest BCUT2D eigenvalue weighted by atomic mass is 16.5. The lowest BCUT2D eigenvalue weighted by molar-refractivity contribution is -0.128. The minimum atomic E-state index is -0.138. The highest BCUT2D eigenvalue weighted by molar-refractivity contribution is 5.94. The molecule has 0 spiro atoms. The third-order valence-electron chi connectivity index (χ3n) is 5.13. The van der Waals surface area contributed by atoms with Crippen LogP contribution in [0.15, 0.2) is 54.6 Å². The van der Waals surface area contributed by atoms with Crippen LogP contribution in [0, 0.1) is 0 Å². The van der Waals surface area contributed by atoms with E-state index < -0.39 is 0 Å². The first-order valence-corrected chi connectivity index (χ1v) is 10.1. The second kappa shape index (κ2) is 10.6. The maximum atomic E-state index is 13.0. The van der Waals surface area contributed by atoms with Gasteiger partial charge < -0.3 is 19.7 Å². The maximum Gasteiger partial charge on any atom is 0.251 e. The Hall–Kier alpha value is -3.12. The van der Waals surface area contributed by atoms with E-state index in [1.54, 1.807) is 43.3 Å². The van der Waals surface area contributed by atoms with Crippen molar-refractivity contribution in [1.29, 1.82) is 0 Å². The Balaban J connectivity index is 1.73. The first-order chi connectivity index (χ1) is 14.6. The minimum absolute atomic E-state index is 0.0592. The monoisotopic (exact) mass is 408 g/mol. The van der Waals surface area contributed by atoms with E-state index in [1.807, 2.05) is 36.4 Å². The van der Waals surface area contributed by atoms with Crippen molar-refractivity contribution >= 4 is 17.9 Å². The number of nitrogens with one attached hydrogen (secondary N) is 1. The van der Waals surface area contributed by atoms with Crippen molar-refractivity contribution in [3.8, 4) is 5.75 Å². The van der Waals surface area contributed by atoms with Crippen molar-refractivity contribution in [2.75, 3.05) is 27.3 Å². The van der Waals surface area contributed by atoms with Crippen LogP contribution in [0.4, 0.5) is 0 Å². The van der Waals surface area contributed by atoms with Crippen LogP contribution in [0.3, 0.4) is 0 Å². The predicted molar refractivity (Wildman–Crippen MR) is 116 cm³/mol. The van der Waals surface area contributed by atoms with E-state index in [-0.39, 0.29) is 17.9 Å². The number of nitrogens with zero attached hydrogens (tertiary/aromatic N) is 1. The molecule has 1 heterocycles. The van der Waals surface area contributed by atoms with E-state index in [4.69, 9.17) is 9.47 Å². The number of para-hydroxylation sites is 1. The molecular weight excluding hydrogens is 380 g/mol. The van der Waals surface area contributed by atoms with Gasteiger partial charge >= 0.3 is 0 Å². The Morgan fingerprint density at radius 2 is 1.97 bits per heavy atom. The molecule has 2 aromatic carbocycles. The third-order valence-corrected chi connectivity index (χ3v) is 5.13. The molecular formula is C24H28N2O4. The molecule has 6 nitrogen and oxygen atoms in total. The zero-order chi connectivity index (χ0) is 21.3. The summed E-state index contributed by atoms with van der Waals surface area (Å²) in [4.78, 5) is 26.5. The average Bonchev–Trinajstić information content (AvgIpc) is 3.30. The van der Waals surface area contributed by atoms with E-state index in [0.29, 0.717) is 18.7 Å². The zero-order valence-corrected chi connectivity index (χ0v) is 17.5. The highest BCUT2D eigenvalue weighted by Crippen LogP contribution is 2.21. The summed E-state index contributed by atoms with van der Waals surface area (Å²) in [6, 6.07) is 14.8. The van der Waals surface area contributed by atoms with Crippen molar-refractivity contribution in [1.82, 2.24) is 10.2 Å². The van der Waals surface area contributed by atoms with Gasteiger partial charge in [0.25, 0.3) is 5.91 Å². The van der Waals surface area contributed by atoms with Crippen LogP contribution in [0.5, 0.6) is 5.75 Å². The topological polar surface area (TPSA) is 67.9 Å². The van der Waals surface area contributed by atoms with Crippen LogP contribution in [0.1, 0.15) is 34.3 Å². The van der Waals surface area contributed by atoms with Gasteiger partial charge in [0.2, 0.25) is 5.91 Å². The second-order valence-corrected chi connectivity index (χ2v) is 7.20. The lowest BCUT2D eigenvalue weighted by atomic mass is 10.1. The number of methoxy groups -OCH3 is 1. The standard InChI is InChI=1S/C24H28N2O4/c1-25-24(28)19-12-9-18(10-13-19)11-14-23(27)26(17-21-7-5-15-30-21)16-20-6-3-4-8-22(20)29-2/h3-4,6,8-14,21H,5,7,15-17H2,1-2H3,(H,25,28)/b14-11+.